The van der Waals surface area contributed by atoms with Crippen molar-refractivity contribution in [2.45, 2.75) is 58.3 Å². The zero-order valence-electron chi connectivity index (χ0n) is 15.7. The lowest BCUT2D eigenvalue weighted by Crippen LogP contribution is -2.19. The summed E-state index contributed by atoms with van der Waals surface area (Å²) in [6, 6.07) is 15.8. The van der Waals surface area contributed by atoms with Crippen molar-refractivity contribution >= 4 is 11.6 Å². The highest BCUT2D eigenvalue weighted by Crippen LogP contribution is 2.25. The standard InChI is InChI=1S/C24H28O2/c1-2-18-11-13-22(14-12-18)24(26)17-20-8-6-7-19(15-20)16-23(25)21-9-4-3-5-10-21/h6-8,11-15,21H,2-5,9-10,16-17H2,1H3. The third-order valence-corrected chi connectivity index (χ3v) is 5.48. The van der Waals surface area contributed by atoms with Gasteiger partial charge in [-0.3, -0.25) is 9.59 Å². The first-order chi connectivity index (χ1) is 12.7. The van der Waals surface area contributed by atoms with Gasteiger partial charge >= 0.3 is 0 Å². The van der Waals surface area contributed by atoms with Crippen LogP contribution in [0.1, 0.15) is 66.1 Å². The summed E-state index contributed by atoms with van der Waals surface area (Å²) in [7, 11) is 0. The van der Waals surface area contributed by atoms with Crippen LogP contribution in [0.5, 0.6) is 0 Å². The van der Waals surface area contributed by atoms with E-state index in [-0.39, 0.29) is 11.7 Å². The van der Waals surface area contributed by atoms with Crippen LogP contribution in [0.3, 0.4) is 0 Å². The first-order valence-corrected chi connectivity index (χ1v) is 9.88. The maximum Gasteiger partial charge on any atom is 0.167 e. The molecule has 1 aliphatic rings. The van der Waals surface area contributed by atoms with E-state index >= 15 is 0 Å². The van der Waals surface area contributed by atoms with Gasteiger partial charge in [-0.05, 0) is 36.0 Å². The number of ketones is 2. The van der Waals surface area contributed by atoms with Gasteiger partial charge in [-0.25, -0.2) is 0 Å². The average molecular weight is 348 g/mol. The molecule has 1 saturated carbocycles. The van der Waals surface area contributed by atoms with Crippen LogP contribution in [-0.2, 0) is 24.1 Å². The molecule has 0 heterocycles. The minimum Gasteiger partial charge on any atom is -0.299 e. The first kappa shape index (κ1) is 18.6. The molecule has 0 aromatic heterocycles. The van der Waals surface area contributed by atoms with Gasteiger partial charge in [0.25, 0.3) is 0 Å². The number of rotatable bonds is 7. The Balaban J connectivity index is 1.62. The highest BCUT2D eigenvalue weighted by molar-refractivity contribution is 5.97. The second-order valence-corrected chi connectivity index (χ2v) is 7.45. The second kappa shape index (κ2) is 8.93. The number of aryl methyl sites for hydroxylation is 1. The van der Waals surface area contributed by atoms with Gasteiger partial charge in [0.1, 0.15) is 5.78 Å². The van der Waals surface area contributed by atoms with Gasteiger partial charge in [-0.2, -0.15) is 0 Å². The Labute approximate surface area is 156 Å². The van der Waals surface area contributed by atoms with Crippen LogP contribution in [-0.4, -0.2) is 11.6 Å². The number of benzene rings is 2. The minimum absolute atomic E-state index is 0.128. The summed E-state index contributed by atoms with van der Waals surface area (Å²) in [6.45, 7) is 2.11. The monoisotopic (exact) mass is 348 g/mol. The molecule has 3 rings (SSSR count). The summed E-state index contributed by atoms with van der Waals surface area (Å²) in [4.78, 5) is 25.0. The van der Waals surface area contributed by atoms with Gasteiger partial charge in [-0.15, -0.1) is 0 Å². The van der Waals surface area contributed by atoms with Crippen molar-refractivity contribution in [3.05, 3.63) is 70.8 Å². The van der Waals surface area contributed by atoms with E-state index in [4.69, 9.17) is 0 Å². The van der Waals surface area contributed by atoms with E-state index in [1.165, 1.54) is 24.8 Å². The van der Waals surface area contributed by atoms with Gasteiger partial charge in [0, 0.05) is 24.3 Å². The number of Topliss-reactive ketones (excluding diaryl/α,β-unsaturated/α-hetero) is 2. The van der Waals surface area contributed by atoms with Crippen molar-refractivity contribution < 1.29 is 9.59 Å². The summed E-state index contributed by atoms with van der Waals surface area (Å²) >= 11 is 0. The molecule has 0 aliphatic heterocycles. The molecule has 0 atom stereocenters. The Morgan fingerprint density at radius 2 is 1.50 bits per heavy atom. The molecule has 2 aromatic rings. The van der Waals surface area contributed by atoms with Crippen molar-refractivity contribution in [3.8, 4) is 0 Å². The molecule has 0 unspecified atom stereocenters. The van der Waals surface area contributed by atoms with Gasteiger partial charge in [0.15, 0.2) is 5.78 Å². The normalized spacial score (nSPS) is 15.0. The Morgan fingerprint density at radius 1 is 0.846 bits per heavy atom. The van der Waals surface area contributed by atoms with Crippen LogP contribution < -0.4 is 0 Å². The number of hydrogen-bond acceptors (Lipinski definition) is 2. The van der Waals surface area contributed by atoms with E-state index < -0.39 is 0 Å². The highest BCUT2D eigenvalue weighted by atomic mass is 16.1. The molecule has 0 saturated heterocycles. The third kappa shape index (κ3) is 4.91. The predicted octanol–water partition coefficient (Wildman–Crippen LogP) is 5.37. The van der Waals surface area contributed by atoms with Crippen LogP contribution in [0.4, 0.5) is 0 Å². The van der Waals surface area contributed by atoms with Gasteiger partial charge < -0.3 is 0 Å². The highest BCUT2D eigenvalue weighted by Gasteiger charge is 2.21. The summed E-state index contributed by atoms with van der Waals surface area (Å²) < 4.78 is 0. The molecular formula is C24H28O2. The summed E-state index contributed by atoms with van der Waals surface area (Å²) in [5.74, 6) is 0.734. The zero-order valence-corrected chi connectivity index (χ0v) is 15.7. The lowest BCUT2D eigenvalue weighted by molar-refractivity contribution is -0.123. The SMILES string of the molecule is CCc1ccc(C(=O)Cc2cccc(CC(=O)C3CCCCC3)c2)cc1. The van der Waals surface area contributed by atoms with Gasteiger partial charge in [0.2, 0.25) is 0 Å². The summed E-state index contributed by atoms with van der Waals surface area (Å²) in [5.41, 5.74) is 4.02. The molecular weight excluding hydrogens is 320 g/mol. The molecule has 26 heavy (non-hydrogen) atoms. The minimum atomic E-state index is 0.128. The molecule has 0 radical (unpaired) electrons. The second-order valence-electron chi connectivity index (χ2n) is 7.45. The molecule has 0 amide bonds. The first-order valence-electron chi connectivity index (χ1n) is 9.88. The molecule has 1 fully saturated rings. The maximum atomic E-state index is 12.5. The van der Waals surface area contributed by atoms with Crippen molar-refractivity contribution in [2.75, 3.05) is 0 Å². The molecule has 0 N–H and O–H groups in total. The molecule has 2 aromatic carbocycles. The lowest BCUT2D eigenvalue weighted by Gasteiger charge is -2.20. The van der Waals surface area contributed by atoms with E-state index in [1.807, 2.05) is 48.5 Å². The fourth-order valence-corrected chi connectivity index (χ4v) is 3.83. The summed E-state index contributed by atoms with van der Waals surface area (Å²) in [5, 5.41) is 0. The van der Waals surface area contributed by atoms with E-state index in [1.54, 1.807) is 0 Å². The fraction of sp³-hybridized carbons (Fsp3) is 0.417. The Morgan fingerprint density at radius 3 is 2.15 bits per heavy atom. The van der Waals surface area contributed by atoms with E-state index in [2.05, 4.69) is 6.92 Å². The largest absolute Gasteiger partial charge is 0.299 e. The topological polar surface area (TPSA) is 34.1 Å². The van der Waals surface area contributed by atoms with E-state index in [0.29, 0.717) is 18.6 Å². The molecule has 0 bridgehead atoms. The zero-order chi connectivity index (χ0) is 18.4. The van der Waals surface area contributed by atoms with Gasteiger partial charge in [0.05, 0.1) is 0 Å². The Hall–Kier alpha value is -2.22. The Bertz CT molecular complexity index is 752. The molecule has 2 heteroatoms. The van der Waals surface area contributed by atoms with Crippen LogP contribution >= 0.6 is 0 Å². The molecule has 136 valence electrons. The third-order valence-electron chi connectivity index (χ3n) is 5.48. The molecule has 2 nitrogen and oxygen atoms in total. The fourth-order valence-electron chi connectivity index (χ4n) is 3.83. The van der Waals surface area contributed by atoms with Crippen molar-refractivity contribution in [3.63, 3.8) is 0 Å². The van der Waals surface area contributed by atoms with Gasteiger partial charge in [-0.1, -0.05) is 74.7 Å². The van der Waals surface area contributed by atoms with Crippen LogP contribution in [0.25, 0.3) is 0 Å². The number of hydrogen-bond donors (Lipinski definition) is 0. The van der Waals surface area contributed by atoms with E-state index in [9.17, 15) is 9.59 Å². The average Bonchev–Trinajstić information content (AvgIpc) is 2.69. The van der Waals surface area contributed by atoms with Crippen LogP contribution in [0.15, 0.2) is 48.5 Å². The number of carbonyl (C=O) groups is 2. The predicted molar refractivity (Wildman–Crippen MR) is 106 cm³/mol. The summed E-state index contributed by atoms with van der Waals surface area (Å²) in [6.07, 6.45) is 7.58. The van der Waals surface area contributed by atoms with Crippen LogP contribution in [0.2, 0.25) is 0 Å². The smallest absolute Gasteiger partial charge is 0.167 e. The quantitative estimate of drug-likeness (QED) is 0.631. The Kier molecular flexibility index (Phi) is 6.38. The van der Waals surface area contributed by atoms with Crippen molar-refractivity contribution in [2.24, 2.45) is 5.92 Å². The van der Waals surface area contributed by atoms with Crippen LogP contribution in [0, 0.1) is 5.92 Å². The van der Waals surface area contributed by atoms with E-state index in [0.717, 1.165) is 36.0 Å². The maximum absolute atomic E-state index is 12.5. The molecule has 0 spiro atoms. The van der Waals surface area contributed by atoms with Crippen molar-refractivity contribution in [1.29, 1.82) is 0 Å². The lowest BCUT2D eigenvalue weighted by atomic mass is 9.84. The van der Waals surface area contributed by atoms with Crippen molar-refractivity contribution in [1.82, 2.24) is 0 Å². The number of carbonyl (C=O) groups excluding carboxylic acids is 2. The molecule has 1 aliphatic carbocycles.